The van der Waals surface area contributed by atoms with Crippen molar-refractivity contribution in [3.63, 3.8) is 0 Å². The van der Waals surface area contributed by atoms with Crippen LogP contribution in [0.3, 0.4) is 0 Å². The quantitative estimate of drug-likeness (QED) is 0.622. The topological polar surface area (TPSA) is 62.7 Å². The molecule has 3 nitrogen and oxygen atoms in total. The third-order valence-electron chi connectivity index (χ3n) is 3.53. The van der Waals surface area contributed by atoms with Crippen molar-refractivity contribution < 1.29 is 4.39 Å². The minimum Gasteiger partial charge on any atom is -0.383 e. The number of hydrogen-bond acceptors (Lipinski definition) is 3. The number of rotatable bonds is 2. The molecule has 118 valence electrons. The maximum Gasteiger partial charge on any atom is 0.142 e. The van der Waals surface area contributed by atoms with Gasteiger partial charge in [-0.3, -0.25) is 0 Å². The Morgan fingerprint density at radius 1 is 1.08 bits per heavy atom. The van der Waals surface area contributed by atoms with Crippen LogP contribution in [0.4, 0.5) is 10.2 Å². The van der Waals surface area contributed by atoms with Gasteiger partial charge in [-0.15, -0.1) is 0 Å². The Hall–Kier alpha value is -2.42. The number of aromatic nitrogens is 1. The number of nitrogens with two attached hydrogens (primary N) is 1. The molecule has 3 rings (SSSR count). The lowest BCUT2D eigenvalue weighted by Gasteiger charge is -2.11. The normalized spacial score (nSPS) is 10.4. The van der Waals surface area contributed by atoms with E-state index in [9.17, 15) is 9.65 Å². The predicted molar refractivity (Wildman–Crippen MR) is 96.9 cm³/mol. The average Bonchev–Trinajstić information content (AvgIpc) is 2.57. The van der Waals surface area contributed by atoms with Crippen LogP contribution in [0.5, 0.6) is 0 Å². The van der Waals surface area contributed by atoms with Crippen molar-refractivity contribution in [2.24, 2.45) is 0 Å². The van der Waals surface area contributed by atoms with Gasteiger partial charge in [0.1, 0.15) is 23.3 Å². The molecule has 0 bridgehead atoms. The summed E-state index contributed by atoms with van der Waals surface area (Å²) in [5, 5.41) is 9.41. The van der Waals surface area contributed by atoms with Gasteiger partial charge in [0.2, 0.25) is 0 Å². The number of halogens is 3. The van der Waals surface area contributed by atoms with Crippen LogP contribution < -0.4 is 5.73 Å². The third kappa shape index (κ3) is 3.12. The predicted octanol–water partition coefficient (Wildman–Crippen LogP) is 5.42. The van der Waals surface area contributed by atoms with Crippen molar-refractivity contribution >= 4 is 33.3 Å². The standard InChI is InChI=1S/C18H10BrClFN3/c19-12-4-1-10(2-5-12)17-8-13(14(9-22)18(23)24-17)11-3-6-15(20)16(21)7-11/h1-8H,(H2,23,24). The minimum absolute atomic E-state index is 0.0208. The Morgan fingerprint density at radius 2 is 1.75 bits per heavy atom. The van der Waals surface area contributed by atoms with E-state index in [1.807, 2.05) is 30.3 Å². The highest BCUT2D eigenvalue weighted by Gasteiger charge is 2.14. The lowest BCUT2D eigenvalue weighted by Crippen LogP contribution is -2.00. The van der Waals surface area contributed by atoms with Gasteiger partial charge in [0, 0.05) is 15.6 Å². The largest absolute Gasteiger partial charge is 0.383 e. The molecule has 24 heavy (non-hydrogen) atoms. The second-order valence-corrected chi connectivity index (χ2v) is 6.39. The van der Waals surface area contributed by atoms with E-state index in [0.717, 1.165) is 10.0 Å². The molecule has 0 radical (unpaired) electrons. The van der Waals surface area contributed by atoms with Crippen LogP contribution in [0.15, 0.2) is 53.0 Å². The number of nitriles is 1. The van der Waals surface area contributed by atoms with Crippen molar-refractivity contribution in [1.29, 1.82) is 5.26 Å². The van der Waals surface area contributed by atoms with Gasteiger partial charge in [0.25, 0.3) is 0 Å². The van der Waals surface area contributed by atoms with Crippen LogP contribution in [-0.2, 0) is 0 Å². The highest BCUT2D eigenvalue weighted by molar-refractivity contribution is 9.10. The lowest BCUT2D eigenvalue weighted by atomic mass is 9.98. The van der Waals surface area contributed by atoms with Crippen molar-refractivity contribution in [2.45, 2.75) is 0 Å². The van der Waals surface area contributed by atoms with E-state index >= 15 is 0 Å². The summed E-state index contributed by atoms with van der Waals surface area (Å²) in [4.78, 5) is 4.29. The van der Waals surface area contributed by atoms with E-state index < -0.39 is 5.82 Å². The number of nitrogen functional groups attached to an aromatic ring is 1. The van der Waals surface area contributed by atoms with Crippen molar-refractivity contribution in [2.75, 3.05) is 5.73 Å². The molecule has 0 atom stereocenters. The molecule has 0 spiro atoms. The van der Waals surface area contributed by atoms with Crippen LogP contribution in [0.1, 0.15) is 5.56 Å². The Kier molecular flexibility index (Phi) is 4.52. The number of hydrogen-bond donors (Lipinski definition) is 1. The first-order chi connectivity index (χ1) is 11.5. The summed E-state index contributed by atoms with van der Waals surface area (Å²) in [5.41, 5.74) is 8.62. The Balaban J connectivity index is 2.22. The number of nitrogens with zero attached hydrogens (tertiary/aromatic N) is 2. The van der Waals surface area contributed by atoms with Crippen molar-refractivity contribution in [3.05, 3.63) is 69.4 Å². The maximum absolute atomic E-state index is 13.8. The SMILES string of the molecule is N#Cc1c(-c2ccc(Cl)c(F)c2)cc(-c2ccc(Br)cc2)nc1N. The van der Waals surface area contributed by atoms with Gasteiger partial charge in [-0.2, -0.15) is 5.26 Å². The second-order valence-electron chi connectivity index (χ2n) is 5.06. The van der Waals surface area contributed by atoms with E-state index in [4.69, 9.17) is 17.3 Å². The molecule has 6 heteroatoms. The van der Waals surface area contributed by atoms with E-state index in [-0.39, 0.29) is 16.4 Å². The Bertz CT molecular complexity index is 965. The molecule has 0 unspecified atom stereocenters. The molecule has 0 saturated heterocycles. The van der Waals surface area contributed by atoms with Crippen molar-refractivity contribution in [3.8, 4) is 28.5 Å². The molecule has 2 aromatic carbocycles. The second kappa shape index (κ2) is 6.60. The summed E-state index contributed by atoms with van der Waals surface area (Å²) in [5.74, 6) is -0.457. The van der Waals surface area contributed by atoms with Gasteiger partial charge in [-0.05, 0) is 35.9 Å². The molecule has 0 aliphatic rings. The lowest BCUT2D eigenvalue weighted by molar-refractivity contribution is 0.629. The van der Waals surface area contributed by atoms with Gasteiger partial charge in [0.15, 0.2) is 0 Å². The molecule has 0 fully saturated rings. The van der Waals surface area contributed by atoms with Crippen LogP contribution in [0.25, 0.3) is 22.4 Å². The number of anilines is 1. The smallest absolute Gasteiger partial charge is 0.142 e. The molecular weight excluding hydrogens is 393 g/mol. The molecular formula is C18H10BrClFN3. The third-order valence-corrected chi connectivity index (χ3v) is 4.37. The van der Waals surface area contributed by atoms with E-state index in [2.05, 4.69) is 20.9 Å². The van der Waals surface area contributed by atoms with Crippen LogP contribution >= 0.6 is 27.5 Å². The van der Waals surface area contributed by atoms with Gasteiger partial charge >= 0.3 is 0 Å². The molecule has 2 N–H and O–H groups in total. The fourth-order valence-electron chi connectivity index (χ4n) is 2.34. The summed E-state index contributed by atoms with van der Waals surface area (Å²) in [6, 6.07) is 15.7. The first-order valence-corrected chi connectivity index (χ1v) is 8.08. The molecule has 3 aromatic rings. The van der Waals surface area contributed by atoms with Gasteiger partial charge in [0.05, 0.1) is 10.7 Å². The van der Waals surface area contributed by atoms with Gasteiger partial charge in [-0.25, -0.2) is 9.37 Å². The van der Waals surface area contributed by atoms with Gasteiger partial charge < -0.3 is 5.73 Å². The Morgan fingerprint density at radius 3 is 2.38 bits per heavy atom. The highest BCUT2D eigenvalue weighted by Crippen LogP contribution is 2.33. The summed E-state index contributed by atoms with van der Waals surface area (Å²) >= 11 is 9.11. The maximum atomic E-state index is 13.8. The van der Waals surface area contributed by atoms with Crippen molar-refractivity contribution in [1.82, 2.24) is 4.98 Å². The summed E-state index contributed by atoms with van der Waals surface area (Å²) < 4.78 is 14.7. The molecule has 0 aliphatic carbocycles. The van der Waals surface area contributed by atoms with E-state index in [1.165, 1.54) is 12.1 Å². The molecule has 1 aromatic heterocycles. The first kappa shape index (κ1) is 16.4. The molecule has 0 saturated carbocycles. The van der Waals surface area contributed by atoms with Crippen LogP contribution in [0, 0.1) is 17.1 Å². The fourth-order valence-corrected chi connectivity index (χ4v) is 2.72. The fraction of sp³-hybridized carbons (Fsp3) is 0. The summed E-state index contributed by atoms with van der Waals surface area (Å²) in [6.07, 6.45) is 0. The first-order valence-electron chi connectivity index (χ1n) is 6.91. The zero-order chi connectivity index (χ0) is 17.3. The van der Waals surface area contributed by atoms with Crippen LogP contribution in [0.2, 0.25) is 5.02 Å². The Labute approximate surface area is 151 Å². The van der Waals surface area contributed by atoms with Crippen LogP contribution in [-0.4, -0.2) is 4.98 Å². The molecule has 0 aliphatic heterocycles. The number of pyridine rings is 1. The van der Waals surface area contributed by atoms with Gasteiger partial charge in [-0.1, -0.05) is 45.7 Å². The number of benzene rings is 2. The highest BCUT2D eigenvalue weighted by atomic mass is 79.9. The summed E-state index contributed by atoms with van der Waals surface area (Å²) in [6.45, 7) is 0. The monoisotopic (exact) mass is 401 g/mol. The molecule has 1 heterocycles. The van der Waals surface area contributed by atoms with E-state index in [1.54, 1.807) is 12.1 Å². The summed E-state index contributed by atoms with van der Waals surface area (Å²) in [7, 11) is 0. The zero-order valence-electron chi connectivity index (χ0n) is 12.2. The molecule has 0 amide bonds. The minimum atomic E-state index is -0.557. The van der Waals surface area contributed by atoms with E-state index in [0.29, 0.717) is 16.8 Å². The average molecular weight is 403 g/mol. The zero-order valence-corrected chi connectivity index (χ0v) is 14.6.